The van der Waals surface area contributed by atoms with Gasteiger partial charge in [0.2, 0.25) is 5.91 Å². The number of aliphatic hydroxyl groups is 1. The lowest BCUT2D eigenvalue weighted by molar-refractivity contribution is -0.145. The highest BCUT2D eigenvalue weighted by Crippen LogP contribution is 2.47. The second-order valence-corrected chi connectivity index (χ2v) is 5.29. The number of benzene rings is 1. The van der Waals surface area contributed by atoms with E-state index in [0.29, 0.717) is 6.42 Å². The normalized spacial score (nSPS) is 23.0. The number of nitrogens with one attached hydrogen (secondary N) is 1. The molecule has 1 aliphatic carbocycles. The fraction of sp³-hybridized carbons (Fsp3) is 0.467. The van der Waals surface area contributed by atoms with Crippen molar-refractivity contribution in [3.05, 3.63) is 29.8 Å². The maximum atomic E-state index is 12.0. The third-order valence-corrected chi connectivity index (χ3v) is 3.72. The monoisotopic (exact) mass is 293 g/mol. The van der Waals surface area contributed by atoms with Gasteiger partial charge in [0, 0.05) is 5.92 Å². The number of methoxy groups -OCH3 is 1. The molecule has 0 saturated heterocycles. The van der Waals surface area contributed by atoms with E-state index < -0.39 is 18.1 Å². The van der Waals surface area contributed by atoms with Crippen LogP contribution in [0.5, 0.6) is 5.75 Å². The number of amides is 1. The van der Waals surface area contributed by atoms with Gasteiger partial charge in [-0.05, 0) is 37.0 Å². The van der Waals surface area contributed by atoms with Gasteiger partial charge in [-0.25, -0.2) is 4.79 Å². The molecule has 2 rings (SSSR count). The van der Waals surface area contributed by atoms with Crippen LogP contribution in [-0.2, 0) is 9.59 Å². The summed E-state index contributed by atoms with van der Waals surface area (Å²) in [7, 11) is 1.59. The molecule has 21 heavy (non-hydrogen) atoms. The zero-order chi connectivity index (χ0) is 15.6. The molecule has 0 aromatic heterocycles. The van der Waals surface area contributed by atoms with E-state index in [1.165, 1.54) is 6.92 Å². The molecule has 0 bridgehead atoms. The van der Waals surface area contributed by atoms with Gasteiger partial charge in [0.15, 0.2) is 6.04 Å². The molecule has 6 nitrogen and oxygen atoms in total. The van der Waals surface area contributed by atoms with Gasteiger partial charge in [-0.1, -0.05) is 12.1 Å². The molecule has 1 aromatic carbocycles. The summed E-state index contributed by atoms with van der Waals surface area (Å²) in [5, 5.41) is 20.7. The Labute approximate surface area is 122 Å². The Morgan fingerprint density at radius 3 is 2.43 bits per heavy atom. The lowest BCUT2D eigenvalue weighted by atomic mass is 10.1. The third-order valence-electron chi connectivity index (χ3n) is 3.72. The van der Waals surface area contributed by atoms with E-state index in [4.69, 9.17) is 9.84 Å². The van der Waals surface area contributed by atoms with E-state index in [1.54, 1.807) is 7.11 Å². The predicted octanol–water partition coefficient (Wildman–Crippen LogP) is 0.749. The van der Waals surface area contributed by atoms with Crippen molar-refractivity contribution in [2.24, 2.45) is 5.92 Å². The van der Waals surface area contributed by atoms with Crippen LogP contribution in [-0.4, -0.2) is 41.3 Å². The first kappa shape index (κ1) is 15.3. The summed E-state index contributed by atoms with van der Waals surface area (Å²) in [5.74, 6) is -0.956. The van der Waals surface area contributed by atoms with Gasteiger partial charge in [-0.15, -0.1) is 0 Å². The lowest BCUT2D eigenvalue weighted by Crippen LogP contribution is -2.48. The highest BCUT2D eigenvalue weighted by molar-refractivity contribution is 5.87. The van der Waals surface area contributed by atoms with E-state index in [1.807, 2.05) is 24.3 Å². The molecule has 114 valence electrons. The van der Waals surface area contributed by atoms with Crippen molar-refractivity contribution < 1.29 is 24.5 Å². The van der Waals surface area contributed by atoms with Crippen molar-refractivity contribution in [2.45, 2.75) is 31.4 Å². The second-order valence-electron chi connectivity index (χ2n) is 5.29. The Balaban J connectivity index is 1.95. The number of hydrogen-bond donors (Lipinski definition) is 3. The average molecular weight is 293 g/mol. The van der Waals surface area contributed by atoms with Gasteiger partial charge in [-0.3, -0.25) is 4.79 Å². The summed E-state index contributed by atoms with van der Waals surface area (Å²) in [4.78, 5) is 23.0. The molecule has 1 aliphatic rings. The fourth-order valence-electron chi connectivity index (χ4n) is 2.35. The standard InChI is InChI=1S/C15H19NO5/c1-8(17)13(15(19)20)16-14(18)12-7-11(12)9-3-5-10(21-2)6-4-9/h3-6,8,11-13,17H,7H2,1-2H3,(H,16,18)(H,19,20). The average Bonchev–Trinajstić information content (AvgIpc) is 3.24. The number of carboxylic acids is 1. The van der Waals surface area contributed by atoms with Gasteiger partial charge < -0.3 is 20.3 Å². The van der Waals surface area contributed by atoms with E-state index in [0.717, 1.165) is 11.3 Å². The number of carboxylic acid groups (broad SMARTS) is 1. The molecule has 4 unspecified atom stereocenters. The summed E-state index contributed by atoms with van der Waals surface area (Å²) in [6.07, 6.45) is -0.450. The van der Waals surface area contributed by atoms with Crippen molar-refractivity contribution in [2.75, 3.05) is 7.11 Å². The first-order valence-corrected chi connectivity index (χ1v) is 6.79. The molecule has 1 fully saturated rings. The van der Waals surface area contributed by atoms with Crippen molar-refractivity contribution in [1.82, 2.24) is 5.32 Å². The molecule has 1 saturated carbocycles. The van der Waals surface area contributed by atoms with Crippen molar-refractivity contribution in [1.29, 1.82) is 0 Å². The van der Waals surface area contributed by atoms with Crippen LogP contribution in [0.15, 0.2) is 24.3 Å². The van der Waals surface area contributed by atoms with Gasteiger partial charge in [0.25, 0.3) is 0 Å². The zero-order valence-corrected chi connectivity index (χ0v) is 11.9. The lowest BCUT2D eigenvalue weighted by Gasteiger charge is -2.17. The highest BCUT2D eigenvalue weighted by atomic mass is 16.5. The Bertz CT molecular complexity index is 525. The Hall–Kier alpha value is -2.08. The molecule has 6 heteroatoms. The van der Waals surface area contributed by atoms with Gasteiger partial charge in [0.05, 0.1) is 13.2 Å². The van der Waals surface area contributed by atoms with Gasteiger partial charge in [-0.2, -0.15) is 0 Å². The number of hydrogen-bond acceptors (Lipinski definition) is 4. The van der Waals surface area contributed by atoms with E-state index in [9.17, 15) is 14.7 Å². The minimum absolute atomic E-state index is 0.0966. The summed E-state index contributed by atoms with van der Waals surface area (Å²) >= 11 is 0. The van der Waals surface area contributed by atoms with Crippen LogP contribution >= 0.6 is 0 Å². The van der Waals surface area contributed by atoms with E-state index >= 15 is 0 Å². The number of aliphatic hydroxyl groups excluding tert-OH is 1. The predicted molar refractivity (Wildman–Crippen MR) is 75.1 cm³/mol. The summed E-state index contributed by atoms with van der Waals surface area (Å²) in [5.41, 5.74) is 1.03. The number of aliphatic carboxylic acids is 1. The Kier molecular flexibility index (Phi) is 4.47. The number of rotatable bonds is 6. The van der Waals surface area contributed by atoms with Crippen LogP contribution in [0.4, 0.5) is 0 Å². The molecule has 0 spiro atoms. The topological polar surface area (TPSA) is 95.9 Å². The maximum absolute atomic E-state index is 12.0. The SMILES string of the molecule is COc1ccc(C2CC2C(=O)NC(C(=O)O)C(C)O)cc1. The Morgan fingerprint density at radius 1 is 1.33 bits per heavy atom. The highest BCUT2D eigenvalue weighted by Gasteiger charge is 2.45. The molecule has 0 heterocycles. The van der Waals surface area contributed by atoms with Crippen LogP contribution in [0.1, 0.15) is 24.8 Å². The van der Waals surface area contributed by atoms with Crippen LogP contribution in [0.25, 0.3) is 0 Å². The summed E-state index contributed by atoms with van der Waals surface area (Å²) < 4.78 is 5.08. The smallest absolute Gasteiger partial charge is 0.328 e. The molecule has 1 amide bonds. The molecule has 1 aromatic rings. The number of ether oxygens (including phenoxy) is 1. The minimum atomic E-state index is -1.27. The maximum Gasteiger partial charge on any atom is 0.328 e. The van der Waals surface area contributed by atoms with Crippen molar-refractivity contribution in [3.8, 4) is 5.75 Å². The fourth-order valence-corrected chi connectivity index (χ4v) is 2.35. The second kappa shape index (κ2) is 6.13. The van der Waals surface area contributed by atoms with Crippen LogP contribution < -0.4 is 10.1 Å². The van der Waals surface area contributed by atoms with Crippen LogP contribution in [0.2, 0.25) is 0 Å². The quantitative estimate of drug-likeness (QED) is 0.719. The van der Waals surface area contributed by atoms with Crippen molar-refractivity contribution in [3.63, 3.8) is 0 Å². The van der Waals surface area contributed by atoms with E-state index in [-0.39, 0.29) is 17.7 Å². The first-order chi connectivity index (χ1) is 9.93. The molecular formula is C15H19NO5. The van der Waals surface area contributed by atoms with Gasteiger partial charge >= 0.3 is 5.97 Å². The van der Waals surface area contributed by atoms with E-state index in [2.05, 4.69) is 5.32 Å². The molecular weight excluding hydrogens is 274 g/mol. The van der Waals surface area contributed by atoms with Gasteiger partial charge in [0.1, 0.15) is 5.75 Å². The summed E-state index contributed by atoms with van der Waals surface area (Å²) in [6, 6.07) is 6.20. The van der Waals surface area contributed by atoms with Crippen molar-refractivity contribution >= 4 is 11.9 Å². The van der Waals surface area contributed by atoms with Crippen LogP contribution in [0, 0.1) is 5.92 Å². The Morgan fingerprint density at radius 2 is 1.95 bits per heavy atom. The molecule has 0 radical (unpaired) electrons. The molecule has 4 atom stereocenters. The first-order valence-electron chi connectivity index (χ1n) is 6.79. The molecule has 0 aliphatic heterocycles. The largest absolute Gasteiger partial charge is 0.497 e. The molecule has 3 N–H and O–H groups in total. The zero-order valence-electron chi connectivity index (χ0n) is 11.9. The number of carbonyl (C=O) groups is 2. The minimum Gasteiger partial charge on any atom is -0.497 e. The number of carbonyl (C=O) groups excluding carboxylic acids is 1. The van der Waals surface area contributed by atoms with Crippen LogP contribution in [0.3, 0.4) is 0 Å². The summed E-state index contributed by atoms with van der Waals surface area (Å²) in [6.45, 7) is 1.34. The third kappa shape index (κ3) is 3.52.